The van der Waals surface area contributed by atoms with Gasteiger partial charge in [-0.1, -0.05) is 31.0 Å². The van der Waals surface area contributed by atoms with Crippen molar-refractivity contribution >= 4 is 29.2 Å². The SMILES string of the molecule is CCCCn1nc(C)c(C(=O)OCC(=O)Nc2cccc(F)c2)c1Cl. The molecule has 0 bridgehead atoms. The van der Waals surface area contributed by atoms with Crippen LogP contribution in [0.1, 0.15) is 35.8 Å². The summed E-state index contributed by atoms with van der Waals surface area (Å²) in [5, 5.41) is 6.85. The van der Waals surface area contributed by atoms with Crippen LogP contribution in [-0.4, -0.2) is 28.3 Å². The second-order valence-electron chi connectivity index (χ2n) is 5.46. The summed E-state index contributed by atoms with van der Waals surface area (Å²) < 4.78 is 19.6. The summed E-state index contributed by atoms with van der Waals surface area (Å²) in [6.45, 7) is 3.78. The second-order valence-corrected chi connectivity index (χ2v) is 5.82. The van der Waals surface area contributed by atoms with E-state index in [1.54, 1.807) is 11.6 Å². The van der Waals surface area contributed by atoms with E-state index in [1.807, 2.05) is 6.92 Å². The molecule has 1 heterocycles. The van der Waals surface area contributed by atoms with E-state index in [0.717, 1.165) is 12.8 Å². The zero-order valence-electron chi connectivity index (χ0n) is 14.0. The van der Waals surface area contributed by atoms with Gasteiger partial charge >= 0.3 is 5.97 Å². The minimum atomic E-state index is -0.723. The van der Waals surface area contributed by atoms with Crippen molar-refractivity contribution < 1.29 is 18.7 Å². The highest BCUT2D eigenvalue weighted by Gasteiger charge is 2.22. The van der Waals surface area contributed by atoms with Gasteiger partial charge in [-0.2, -0.15) is 5.10 Å². The standard InChI is InChI=1S/C17H19ClFN3O3/c1-3-4-8-22-16(18)15(11(2)21-22)17(24)25-10-14(23)20-13-7-5-6-12(19)9-13/h5-7,9H,3-4,8,10H2,1-2H3,(H,20,23). The van der Waals surface area contributed by atoms with Crippen molar-refractivity contribution in [1.29, 1.82) is 0 Å². The van der Waals surface area contributed by atoms with Crippen molar-refractivity contribution in [3.8, 4) is 0 Å². The van der Waals surface area contributed by atoms with Crippen LogP contribution in [0.2, 0.25) is 5.15 Å². The normalized spacial score (nSPS) is 10.6. The summed E-state index contributed by atoms with van der Waals surface area (Å²) in [5.74, 6) is -1.78. The lowest BCUT2D eigenvalue weighted by Gasteiger charge is -2.07. The molecule has 1 aromatic carbocycles. The molecule has 0 saturated carbocycles. The summed E-state index contributed by atoms with van der Waals surface area (Å²) in [5.41, 5.74) is 0.871. The van der Waals surface area contributed by atoms with Crippen LogP contribution in [0, 0.1) is 12.7 Å². The van der Waals surface area contributed by atoms with Crippen molar-refractivity contribution in [2.75, 3.05) is 11.9 Å². The summed E-state index contributed by atoms with van der Waals surface area (Å²) >= 11 is 6.18. The van der Waals surface area contributed by atoms with Crippen molar-refractivity contribution in [2.45, 2.75) is 33.2 Å². The molecule has 1 aromatic heterocycles. The lowest BCUT2D eigenvalue weighted by Crippen LogP contribution is -2.21. The number of amides is 1. The van der Waals surface area contributed by atoms with E-state index in [1.165, 1.54) is 24.3 Å². The number of hydrogen-bond acceptors (Lipinski definition) is 4. The van der Waals surface area contributed by atoms with Gasteiger partial charge in [-0.25, -0.2) is 9.18 Å². The highest BCUT2D eigenvalue weighted by Crippen LogP contribution is 2.21. The molecule has 8 heteroatoms. The van der Waals surface area contributed by atoms with E-state index in [9.17, 15) is 14.0 Å². The Morgan fingerprint density at radius 2 is 2.16 bits per heavy atom. The molecular formula is C17H19ClFN3O3. The lowest BCUT2D eigenvalue weighted by atomic mass is 10.2. The van der Waals surface area contributed by atoms with Gasteiger partial charge in [0.25, 0.3) is 5.91 Å². The molecule has 2 aromatic rings. The maximum atomic E-state index is 13.1. The summed E-state index contributed by atoms with van der Waals surface area (Å²) in [6, 6.07) is 5.42. The van der Waals surface area contributed by atoms with Crippen molar-refractivity contribution in [1.82, 2.24) is 9.78 Å². The monoisotopic (exact) mass is 367 g/mol. The fraction of sp³-hybridized carbons (Fsp3) is 0.353. The van der Waals surface area contributed by atoms with Crippen LogP contribution in [0.4, 0.5) is 10.1 Å². The molecule has 0 aliphatic rings. The third kappa shape index (κ3) is 5.03. The predicted octanol–water partition coefficient (Wildman–Crippen LogP) is 3.58. The minimum Gasteiger partial charge on any atom is -0.452 e. The molecule has 134 valence electrons. The summed E-state index contributed by atoms with van der Waals surface area (Å²) in [7, 11) is 0. The Morgan fingerprint density at radius 1 is 1.40 bits per heavy atom. The van der Waals surface area contributed by atoms with E-state index >= 15 is 0 Å². The Balaban J connectivity index is 1.96. The molecule has 25 heavy (non-hydrogen) atoms. The molecular weight excluding hydrogens is 349 g/mol. The first-order chi connectivity index (χ1) is 11.9. The van der Waals surface area contributed by atoms with Gasteiger partial charge < -0.3 is 10.1 Å². The van der Waals surface area contributed by atoms with E-state index < -0.39 is 24.3 Å². The van der Waals surface area contributed by atoms with Crippen LogP contribution in [0.15, 0.2) is 24.3 Å². The summed E-state index contributed by atoms with van der Waals surface area (Å²) in [4.78, 5) is 24.0. The molecule has 0 saturated heterocycles. The topological polar surface area (TPSA) is 73.2 Å². The number of aromatic nitrogens is 2. The second kappa shape index (κ2) is 8.62. The number of ether oxygens (including phenoxy) is 1. The molecule has 1 amide bonds. The molecule has 1 N–H and O–H groups in total. The van der Waals surface area contributed by atoms with Crippen LogP contribution >= 0.6 is 11.6 Å². The third-order valence-corrected chi connectivity index (χ3v) is 3.82. The fourth-order valence-corrected chi connectivity index (χ4v) is 2.54. The molecule has 0 unspecified atom stereocenters. The smallest absolute Gasteiger partial charge is 0.343 e. The Bertz CT molecular complexity index is 776. The fourth-order valence-electron chi connectivity index (χ4n) is 2.21. The van der Waals surface area contributed by atoms with Crippen LogP contribution < -0.4 is 5.32 Å². The number of nitrogens with one attached hydrogen (secondary N) is 1. The van der Waals surface area contributed by atoms with E-state index in [0.29, 0.717) is 12.2 Å². The number of unbranched alkanes of at least 4 members (excludes halogenated alkanes) is 1. The minimum absolute atomic E-state index is 0.149. The molecule has 0 spiro atoms. The number of halogens is 2. The van der Waals surface area contributed by atoms with Crippen molar-refractivity contribution in [2.24, 2.45) is 0 Å². The average Bonchev–Trinajstić information content (AvgIpc) is 2.84. The molecule has 0 fully saturated rings. The number of esters is 1. The number of benzene rings is 1. The highest BCUT2D eigenvalue weighted by atomic mass is 35.5. The number of aryl methyl sites for hydroxylation is 2. The number of hydrogen-bond donors (Lipinski definition) is 1. The number of anilines is 1. The van der Waals surface area contributed by atoms with E-state index in [2.05, 4.69) is 10.4 Å². The Hall–Kier alpha value is -2.41. The molecule has 6 nitrogen and oxygen atoms in total. The number of nitrogens with zero attached hydrogens (tertiary/aromatic N) is 2. The maximum absolute atomic E-state index is 13.1. The first kappa shape index (κ1) is 18.9. The van der Waals surface area contributed by atoms with Crippen LogP contribution in [0.5, 0.6) is 0 Å². The van der Waals surface area contributed by atoms with Gasteiger partial charge in [-0.05, 0) is 31.5 Å². The largest absolute Gasteiger partial charge is 0.452 e. The number of rotatable bonds is 7. The van der Waals surface area contributed by atoms with Gasteiger partial charge in [-0.15, -0.1) is 0 Å². The highest BCUT2D eigenvalue weighted by molar-refractivity contribution is 6.32. The number of carbonyl (C=O) groups is 2. The Morgan fingerprint density at radius 3 is 2.84 bits per heavy atom. The first-order valence-corrected chi connectivity index (χ1v) is 8.25. The van der Waals surface area contributed by atoms with Crippen LogP contribution in [0.25, 0.3) is 0 Å². The number of carbonyl (C=O) groups excluding carboxylic acids is 2. The Kier molecular flexibility index (Phi) is 6.52. The quantitative estimate of drug-likeness (QED) is 0.759. The third-order valence-electron chi connectivity index (χ3n) is 3.44. The maximum Gasteiger partial charge on any atom is 0.343 e. The molecule has 0 radical (unpaired) electrons. The van der Waals surface area contributed by atoms with E-state index in [4.69, 9.17) is 16.3 Å². The summed E-state index contributed by atoms with van der Waals surface area (Å²) in [6.07, 6.45) is 1.85. The van der Waals surface area contributed by atoms with Gasteiger partial charge in [0.05, 0.1) is 5.69 Å². The van der Waals surface area contributed by atoms with E-state index in [-0.39, 0.29) is 16.4 Å². The lowest BCUT2D eigenvalue weighted by molar-refractivity contribution is -0.119. The zero-order valence-corrected chi connectivity index (χ0v) is 14.8. The molecule has 0 aliphatic carbocycles. The van der Waals surface area contributed by atoms with Gasteiger partial charge in [-0.3, -0.25) is 9.48 Å². The van der Waals surface area contributed by atoms with Gasteiger partial charge in [0.2, 0.25) is 0 Å². The average molecular weight is 368 g/mol. The Labute approximate surface area is 149 Å². The van der Waals surface area contributed by atoms with Gasteiger partial charge in [0, 0.05) is 12.2 Å². The van der Waals surface area contributed by atoms with Crippen LogP contribution in [0.3, 0.4) is 0 Å². The van der Waals surface area contributed by atoms with Crippen molar-refractivity contribution in [3.05, 3.63) is 46.5 Å². The van der Waals surface area contributed by atoms with Gasteiger partial charge in [0.1, 0.15) is 16.5 Å². The molecule has 2 rings (SSSR count). The molecule has 0 aliphatic heterocycles. The first-order valence-electron chi connectivity index (χ1n) is 7.87. The van der Waals surface area contributed by atoms with Gasteiger partial charge in [0.15, 0.2) is 6.61 Å². The molecule has 0 atom stereocenters. The van der Waals surface area contributed by atoms with Crippen LogP contribution in [-0.2, 0) is 16.1 Å². The van der Waals surface area contributed by atoms with Crippen molar-refractivity contribution in [3.63, 3.8) is 0 Å². The predicted molar refractivity (Wildman–Crippen MR) is 92.2 cm³/mol. The zero-order chi connectivity index (χ0) is 18.4.